The minimum Gasteiger partial charge on any atom is -0.497 e. The van der Waals surface area contributed by atoms with Crippen LogP contribution in [-0.2, 0) is 0 Å². The third-order valence-corrected chi connectivity index (χ3v) is 3.82. The summed E-state index contributed by atoms with van der Waals surface area (Å²) in [6.45, 7) is 6.10. The highest BCUT2D eigenvalue weighted by atomic mass is 16.5. The Balaban J connectivity index is 1.84. The van der Waals surface area contributed by atoms with Crippen molar-refractivity contribution in [2.24, 2.45) is 0 Å². The summed E-state index contributed by atoms with van der Waals surface area (Å²) in [5.74, 6) is 2.09. The highest BCUT2D eigenvalue weighted by molar-refractivity contribution is 5.63. The van der Waals surface area contributed by atoms with Gasteiger partial charge in [0.05, 0.1) is 7.11 Å². The van der Waals surface area contributed by atoms with Gasteiger partial charge in [0, 0.05) is 29.2 Å². The fraction of sp³-hybridized carbons (Fsp3) is 0.200. The molecule has 1 heterocycles. The molecule has 0 saturated carbocycles. The first-order chi connectivity index (χ1) is 12.0. The predicted molar refractivity (Wildman–Crippen MR) is 102 cm³/mol. The molecule has 0 radical (unpaired) electrons. The Morgan fingerprint density at radius 2 is 1.72 bits per heavy atom. The molecule has 0 bridgehead atoms. The van der Waals surface area contributed by atoms with Crippen LogP contribution in [0.5, 0.6) is 5.75 Å². The number of ether oxygens (including phenoxy) is 1. The van der Waals surface area contributed by atoms with Gasteiger partial charge in [-0.05, 0) is 44.5 Å². The van der Waals surface area contributed by atoms with Gasteiger partial charge in [-0.15, -0.1) is 0 Å². The number of hydrogen-bond donors (Lipinski definition) is 2. The molecule has 0 aliphatic heterocycles. The van der Waals surface area contributed by atoms with Crippen LogP contribution in [-0.4, -0.2) is 17.1 Å². The van der Waals surface area contributed by atoms with E-state index in [-0.39, 0.29) is 0 Å². The molecular formula is C20H22N4O. The lowest BCUT2D eigenvalue weighted by atomic mass is 10.1. The lowest BCUT2D eigenvalue weighted by Crippen LogP contribution is -2.03. The van der Waals surface area contributed by atoms with Crippen molar-refractivity contribution < 1.29 is 4.74 Å². The van der Waals surface area contributed by atoms with Gasteiger partial charge in [0.15, 0.2) is 0 Å². The van der Waals surface area contributed by atoms with Crippen molar-refractivity contribution in [3.8, 4) is 5.75 Å². The Morgan fingerprint density at radius 3 is 2.48 bits per heavy atom. The number of rotatable bonds is 5. The SMILES string of the molecule is COc1cccc(Nc2cc(C)nc(Nc3ccc(C)cc3C)n2)c1. The van der Waals surface area contributed by atoms with E-state index in [1.54, 1.807) is 7.11 Å². The third-order valence-electron chi connectivity index (χ3n) is 3.82. The maximum absolute atomic E-state index is 5.26. The average Bonchev–Trinajstić information content (AvgIpc) is 2.57. The zero-order valence-corrected chi connectivity index (χ0v) is 14.9. The number of aryl methyl sites for hydroxylation is 3. The number of anilines is 4. The molecule has 0 saturated heterocycles. The molecular weight excluding hydrogens is 312 g/mol. The van der Waals surface area contributed by atoms with Crippen molar-refractivity contribution in [3.63, 3.8) is 0 Å². The van der Waals surface area contributed by atoms with Crippen molar-refractivity contribution in [2.75, 3.05) is 17.7 Å². The first kappa shape index (κ1) is 16.8. The van der Waals surface area contributed by atoms with Gasteiger partial charge in [0.1, 0.15) is 11.6 Å². The van der Waals surface area contributed by atoms with Gasteiger partial charge in [-0.3, -0.25) is 0 Å². The number of nitrogens with one attached hydrogen (secondary N) is 2. The average molecular weight is 334 g/mol. The Bertz CT molecular complexity index is 893. The number of nitrogens with zero attached hydrogens (tertiary/aromatic N) is 2. The van der Waals surface area contributed by atoms with Gasteiger partial charge >= 0.3 is 0 Å². The van der Waals surface area contributed by atoms with E-state index in [9.17, 15) is 0 Å². The molecule has 1 aromatic heterocycles. The van der Waals surface area contributed by atoms with Crippen molar-refractivity contribution in [3.05, 3.63) is 65.4 Å². The topological polar surface area (TPSA) is 59.1 Å². The fourth-order valence-corrected chi connectivity index (χ4v) is 2.61. The summed E-state index contributed by atoms with van der Waals surface area (Å²) in [5.41, 5.74) is 5.19. The van der Waals surface area contributed by atoms with Crippen molar-refractivity contribution in [2.45, 2.75) is 20.8 Å². The van der Waals surface area contributed by atoms with E-state index in [4.69, 9.17) is 4.74 Å². The van der Waals surface area contributed by atoms with E-state index in [0.717, 1.165) is 34.2 Å². The van der Waals surface area contributed by atoms with Gasteiger partial charge in [0.25, 0.3) is 0 Å². The molecule has 0 amide bonds. The number of hydrogen-bond acceptors (Lipinski definition) is 5. The monoisotopic (exact) mass is 334 g/mol. The van der Waals surface area contributed by atoms with E-state index in [1.165, 1.54) is 5.56 Å². The molecule has 0 aliphatic carbocycles. The smallest absolute Gasteiger partial charge is 0.229 e. The molecule has 2 N–H and O–H groups in total. The number of benzene rings is 2. The highest BCUT2D eigenvalue weighted by Gasteiger charge is 2.06. The summed E-state index contributed by atoms with van der Waals surface area (Å²) in [6, 6.07) is 15.9. The molecule has 5 nitrogen and oxygen atoms in total. The van der Waals surface area contributed by atoms with Crippen LogP contribution in [0.2, 0.25) is 0 Å². The van der Waals surface area contributed by atoms with Crippen molar-refractivity contribution in [1.82, 2.24) is 9.97 Å². The van der Waals surface area contributed by atoms with Crippen molar-refractivity contribution in [1.29, 1.82) is 0 Å². The maximum atomic E-state index is 5.26. The molecule has 3 aromatic rings. The molecule has 128 valence electrons. The Morgan fingerprint density at radius 1 is 0.880 bits per heavy atom. The van der Waals surface area contributed by atoms with Crippen LogP contribution >= 0.6 is 0 Å². The normalized spacial score (nSPS) is 10.4. The van der Waals surface area contributed by atoms with Crippen LogP contribution in [0.4, 0.5) is 23.1 Å². The highest BCUT2D eigenvalue weighted by Crippen LogP contribution is 2.23. The summed E-state index contributed by atoms with van der Waals surface area (Å²) in [5, 5.41) is 6.60. The summed E-state index contributed by atoms with van der Waals surface area (Å²) in [7, 11) is 1.65. The van der Waals surface area contributed by atoms with E-state index < -0.39 is 0 Å². The molecule has 25 heavy (non-hydrogen) atoms. The molecule has 0 spiro atoms. The summed E-state index contributed by atoms with van der Waals surface area (Å²) in [6.07, 6.45) is 0. The van der Waals surface area contributed by atoms with E-state index in [1.807, 2.05) is 43.3 Å². The van der Waals surface area contributed by atoms with Crippen LogP contribution in [0, 0.1) is 20.8 Å². The first-order valence-corrected chi connectivity index (χ1v) is 8.14. The number of methoxy groups -OCH3 is 1. The fourth-order valence-electron chi connectivity index (χ4n) is 2.61. The van der Waals surface area contributed by atoms with Crippen LogP contribution in [0.1, 0.15) is 16.8 Å². The molecule has 0 aliphatic rings. The maximum Gasteiger partial charge on any atom is 0.229 e. The van der Waals surface area contributed by atoms with Gasteiger partial charge in [-0.25, -0.2) is 4.98 Å². The van der Waals surface area contributed by atoms with Crippen LogP contribution in [0.25, 0.3) is 0 Å². The minimum absolute atomic E-state index is 0.567. The van der Waals surface area contributed by atoms with Crippen LogP contribution < -0.4 is 15.4 Å². The molecule has 3 rings (SSSR count). The zero-order valence-electron chi connectivity index (χ0n) is 14.9. The minimum atomic E-state index is 0.567. The van der Waals surface area contributed by atoms with Crippen LogP contribution in [0.15, 0.2) is 48.5 Å². The molecule has 5 heteroatoms. The lowest BCUT2D eigenvalue weighted by molar-refractivity contribution is 0.415. The second kappa shape index (κ2) is 7.21. The zero-order chi connectivity index (χ0) is 17.8. The molecule has 0 atom stereocenters. The number of aromatic nitrogens is 2. The Kier molecular flexibility index (Phi) is 4.84. The van der Waals surface area contributed by atoms with Gasteiger partial charge in [-0.2, -0.15) is 4.98 Å². The Labute approximate surface area is 148 Å². The largest absolute Gasteiger partial charge is 0.497 e. The second-order valence-corrected chi connectivity index (χ2v) is 6.02. The second-order valence-electron chi connectivity index (χ2n) is 6.02. The van der Waals surface area contributed by atoms with E-state index >= 15 is 0 Å². The van der Waals surface area contributed by atoms with Gasteiger partial charge in [-0.1, -0.05) is 23.8 Å². The van der Waals surface area contributed by atoms with Crippen molar-refractivity contribution >= 4 is 23.1 Å². The summed E-state index contributed by atoms with van der Waals surface area (Å²) in [4.78, 5) is 9.05. The summed E-state index contributed by atoms with van der Waals surface area (Å²) >= 11 is 0. The van der Waals surface area contributed by atoms with Gasteiger partial charge in [0.2, 0.25) is 5.95 Å². The van der Waals surface area contributed by atoms with E-state index in [2.05, 4.69) is 46.6 Å². The standard InChI is InChI=1S/C20H22N4O/c1-13-8-9-18(14(2)10-13)23-20-21-15(3)11-19(24-20)22-16-6-5-7-17(12-16)25-4/h5-12H,1-4H3,(H2,21,22,23,24). The molecule has 0 unspecified atom stereocenters. The third kappa shape index (κ3) is 4.26. The van der Waals surface area contributed by atoms with Gasteiger partial charge < -0.3 is 15.4 Å². The Hall–Kier alpha value is -3.08. The van der Waals surface area contributed by atoms with Crippen LogP contribution in [0.3, 0.4) is 0 Å². The molecule has 2 aromatic carbocycles. The molecule has 0 fully saturated rings. The first-order valence-electron chi connectivity index (χ1n) is 8.14. The van der Waals surface area contributed by atoms with E-state index in [0.29, 0.717) is 5.95 Å². The summed E-state index contributed by atoms with van der Waals surface area (Å²) < 4.78 is 5.26. The predicted octanol–water partition coefficient (Wildman–Crippen LogP) is 4.90. The quantitative estimate of drug-likeness (QED) is 0.695. The lowest BCUT2D eigenvalue weighted by Gasteiger charge is -2.12.